The number of hydrogen-bond acceptors (Lipinski definition) is 3. The number of hydrogen-bond donors (Lipinski definition) is 1. The van der Waals surface area contributed by atoms with Crippen LogP contribution in [0.5, 0.6) is 5.75 Å². The standard InChI is InChI=1S/C17H19N3O/c1-12-9-14(13(2)18)6-7-16(12)21-11-15-10-20-8-4-3-5-17(20)19-15/h3-10,13H,11,18H2,1-2H3. The molecule has 0 radical (unpaired) electrons. The lowest BCUT2D eigenvalue weighted by atomic mass is 10.1. The van der Waals surface area contributed by atoms with Gasteiger partial charge >= 0.3 is 0 Å². The van der Waals surface area contributed by atoms with Crippen molar-refractivity contribution in [2.24, 2.45) is 5.73 Å². The van der Waals surface area contributed by atoms with Crippen LogP contribution in [0.3, 0.4) is 0 Å². The zero-order valence-corrected chi connectivity index (χ0v) is 12.3. The number of nitrogens with zero attached hydrogens (tertiary/aromatic N) is 2. The number of aryl methyl sites for hydroxylation is 1. The highest BCUT2D eigenvalue weighted by Gasteiger charge is 2.06. The van der Waals surface area contributed by atoms with Gasteiger partial charge in [-0.2, -0.15) is 0 Å². The first kappa shape index (κ1) is 13.6. The zero-order chi connectivity index (χ0) is 14.8. The normalized spacial score (nSPS) is 12.5. The molecule has 0 aliphatic rings. The summed E-state index contributed by atoms with van der Waals surface area (Å²) in [6.45, 7) is 4.47. The zero-order valence-electron chi connectivity index (χ0n) is 12.3. The predicted octanol–water partition coefficient (Wildman–Crippen LogP) is 3.24. The molecule has 3 aromatic rings. The molecule has 2 N–H and O–H groups in total. The molecule has 3 rings (SSSR count). The van der Waals surface area contributed by atoms with E-state index in [4.69, 9.17) is 10.5 Å². The summed E-state index contributed by atoms with van der Waals surface area (Å²) in [4.78, 5) is 4.52. The second-order valence-electron chi connectivity index (χ2n) is 5.30. The smallest absolute Gasteiger partial charge is 0.137 e. The van der Waals surface area contributed by atoms with Gasteiger partial charge in [-0.25, -0.2) is 4.98 Å². The highest BCUT2D eigenvalue weighted by molar-refractivity contribution is 5.40. The minimum atomic E-state index is 0.0381. The third-order valence-corrected chi connectivity index (χ3v) is 3.51. The Morgan fingerprint density at radius 2 is 2.14 bits per heavy atom. The van der Waals surface area contributed by atoms with Crippen molar-refractivity contribution >= 4 is 5.65 Å². The van der Waals surface area contributed by atoms with Crippen molar-refractivity contribution in [3.8, 4) is 5.75 Å². The summed E-state index contributed by atoms with van der Waals surface area (Å²) in [6, 6.07) is 12.0. The van der Waals surface area contributed by atoms with E-state index in [1.165, 1.54) is 0 Å². The average Bonchev–Trinajstić information content (AvgIpc) is 2.88. The monoisotopic (exact) mass is 281 g/mol. The van der Waals surface area contributed by atoms with Crippen LogP contribution in [0.25, 0.3) is 5.65 Å². The van der Waals surface area contributed by atoms with E-state index >= 15 is 0 Å². The largest absolute Gasteiger partial charge is 0.487 e. The lowest BCUT2D eigenvalue weighted by molar-refractivity contribution is 0.300. The van der Waals surface area contributed by atoms with Gasteiger partial charge in [-0.15, -0.1) is 0 Å². The van der Waals surface area contributed by atoms with Crippen molar-refractivity contribution in [1.29, 1.82) is 0 Å². The Hall–Kier alpha value is -2.33. The number of ether oxygens (including phenoxy) is 1. The van der Waals surface area contributed by atoms with Gasteiger partial charge in [-0.05, 0) is 43.2 Å². The van der Waals surface area contributed by atoms with E-state index in [0.29, 0.717) is 6.61 Å². The fourth-order valence-corrected chi connectivity index (χ4v) is 2.33. The highest BCUT2D eigenvalue weighted by Crippen LogP contribution is 2.22. The molecule has 1 atom stereocenters. The van der Waals surface area contributed by atoms with Gasteiger partial charge in [0.1, 0.15) is 18.0 Å². The van der Waals surface area contributed by atoms with E-state index in [1.54, 1.807) is 0 Å². The SMILES string of the molecule is Cc1cc(C(C)N)ccc1OCc1cn2ccccc2n1. The predicted molar refractivity (Wildman–Crippen MR) is 83.3 cm³/mol. The third-order valence-electron chi connectivity index (χ3n) is 3.51. The van der Waals surface area contributed by atoms with Crippen molar-refractivity contribution in [2.45, 2.75) is 26.5 Å². The number of rotatable bonds is 4. The molecule has 0 amide bonds. The van der Waals surface area contributed by atoms with Gasteiger partial charge < -0.3 is 14.9 Å². The Morgan fingerprint density at radius 1 is 1.29 bits per heavy atom. The molecule has 0 saturated carbocycles. The maximum absolute atomic E-state index is 5.89. The van der Waals surface area contributed by atoms with Gasteiger partial charge in [0.25, 0.3) is 0 Å². The molecule has 0 bridgehead atoms. The minimum Gasteiger partial charge on any atom is -0.487 e. The van der Waals surface area contributed by atoms with Crippen LogP contribution in [-0.2, 0) is 6.61 Å². The van der Waals surface area contributed by atoms with Crippen LogP contribution in [0.15, 0.2) is 48.8 Å². The maximum atomic E-state index is 5.89. The Bertz CT molecular complexity index is 729. The minimum absolute atomic E-state index is 0.0381. The summed E-state index contributed by atoms with van der Waals surface area (Å²) < 4.78 is 7.86. The second kappa shape index (κ2) is 5.58. The molecule has 4 heteroatoms. The van der Waals surface area contributed by atoms with Gasteiger partial charge in [0.15, 0.2) is 0 Å². The topological polar surface area (TPSA) is 52.5 Å². The third kappa shape index (κ3) is 2.90. The number of fused-ring (bicyclic) bond motifs is 1. The number of imidazole rings is 1. The molecule has 108 valence electrons. The van der Waals surface area contributed by atoms with Crippen LogP contribution in [0.2, 0.25) is 0 Å². The van der Waals surface area contributed by atoms with Crippen molar-refractivity contribution in [3.05, 3.63) is 65.6 Å². The van der Waals surface area contributed by atoms with Gasteiger partial charge in [-0.1, -0.05) is 18.2 Å². The average molecular weight is 281 g/mol. The first-order chi connectivity index (χ1) is 10.1. The number of aromatic nitrogens is 2. The van der Waals surface area contributed by atoms with E-state index in [9.17, 15) is 0 Å². The van der Waals surface area contributed by atoms with E-state index in [2.05, 4.69) is 11.1 Å². The molecule has 0 fully saturated rings. The molecule has 0 aliphatic heterocycles. The molecule has 0 saturated heterocycles. The molecule has 21 heavy (non-hydrogen) atoms. The first-order valence-electron chi connectivity index (χ1n) is 7.05. The van der Waals surface area contributed by atoms with E-state index in [0.717, 1.165) is 28.2 Å². The second-order valence-corrected chi connectivity index (χ2v) is 5.30. The van der Waals surface area contributed by atoms with Crippen molar-refractivity contribution in [1.82, 2.24) is 9.38 Å². The molecule has 4 nitrogen and oxygen atoms in total. The van der Waals surface area contributed by atoms with Crippen LogP contribution in [0.4, 0.5) is 0 Å². The summed E-state index contributed by atoms with van der Waals surface area (Å²) in [5.74, 6) is 0.872. The molecular formula is C17H19N3O. The molecule has 0 aliphatic carbocycles. The fourth-order valence-electron chi connectivity index (χ4n) is 2.33. The quantitative estimate of drug-likeness (QED) is 0.798. The molecular weight excluding hydrogens is 262 g/mol. The molecule has 1 unspecified atom stereocenters. The van der Waals surface area contributed by atoms with E-state index in [-0.39, 0.29) is 6.04 Å². The van der Waals surface area contributed by atoms with Gasteiger partial charge in [-0.3, -0.25) is 0 Å². The Kier molecular flexibility index (Phi) is 3.62. The molecule has 1 aromatic carbocycles. The Labute approximate surface area is 124 Å². The van der Waals surface area contributed by atoms with Crippen molar-refractivity contribution in [3.63, 3.8) is 0 Å². The highest BCUT2D eigenvalue weighted by atomic mass is 16.5. The molecule has 0 spiro atoms. The summed E-state index contributed by atoms with van der Waals surface area (Å²) in [5.41, 5.74) is 9.94. The van der Waals surface area contributed by atoms with Gasteiger partial charge in [0.2, 0.25) is 0 Å². The summed E-state index contributed by atoms with van der Waals surface area (Å²) >= 11 is 0. The van der Waals surface area contributed by atoms with Crippen LogP contribution >= 0.6 is 0 Å². The molecule has 2 aromatic heterocycles. The lowest BCUT2D eigenvalue weighted by Gasteiger charge is -2.11. The van der Waals surface area contributed by atoms with Gasteiger partial charge in [0, 0.05) is 18.4 Å². The molecule has 2 heterocycles. The fraction of sp³-hybridized carbons (Fsp3) is 0.235. The van der Waals surface area contributed by atoms with Crippen molar-refractivity contribution < 1.29 is 4.74 Å². The van der Waals surface area contributed by atoms with E-state index in [1.807, 2.05) is 61.0 Å². The lowest BCUT2D eigenvalue weighted by Crippen LogP contribution is -2.05. The van der Waals surface area contributed by atoms with Gasteiger partial charge in [0.05, 0.1) is 5.69 Å². The number of pyridine rings is 1. The number of nitrogens with two attached hydrogens (primary N) is 1. The number of benzene rings is 1. The van der Waals surface area contributed by atoms with Crippen molar-refractivity contribution in [2.75, 3.05) is 0 Å². The first-order valence-corrected chi connectivity index (χ1v) is 7.05. The maximum Gasteiger partial charge on any atom is 0.137 e. The Balaban J connectivity index is 1.75. The van der Waals surface area contributed by atoms with Crippen LogP contribution in [-0.4, -0.2) is 9.38 Å². The Morgan fingerprint density at radius 3 is 2.86 bits per heavy atom. The van der Waals surface area contributed by atoms with E-state index < -0.39 is 0 Å². The van der Waals surface area contributed by atoms with Crippen LogP contribution < -0.4 is 10.5 Å². The van der Waals surface area contributed by atoms with Crippen LogP contribution in [0.1, 0.15) is 29.8 Å². The summed E-state index contributed by atoms with van der Waals surface area (Å²) in [6.07, 6.45) is 3.97. The van der Waals surface area contributed by atoms with Crippen LogP contribution in [0, 0.1) is 6.92 Å². The summed E-state index contributed by atoms with van der Waals surface area (Å²) in [5, 5.41) is 0. The summed E-state index contributed by atoms with van der Waals surface area (Å²) in [7, 11) is 0.